The lowest BCUT2D eigenvalue weighted by Gasteiger charge is -2.22. The van der Waals surface area contributed by atoms with Gasteiger partial charge in [0, 0.05) is 6.42 Å². The molecular formula is C25H29ClF4N2O6. The number of ketones is 1. The summed E-state index contributed by atoms with van der Waals surface area (Å²) in [6, 6.07) is 14.3. The largest absolute Gasteiger partial charge is 0.461 e. The zero-order chi connectivity index (χ0) is 27.2. The van der Waals surface area contributed by atoms with Gasteiger partial charge >= 0.3 is 19.2 Å². The van der Waals surface area contributed by atoms with Crippen LogP contribution in [0.3, 0.4) is 0 Å². The summed E-state index contributed by atoms with van der Waals surface area (Å²) < 4.78 is 63.3. The lowest BCUT2D eigenvalue weighted by atomic mass is 9.92. The smallest absolute Gasteiger partial charge is 0.345 e. The Morgan fingerprint density at radius 1 is 0.816 bits per heavy atom. The zero-order valence-corrected chi connectivity index (χ0v) is 21.0. The Hall–Kier alpha value is -3.06. The summed E-state index contributed by atoms with van der Waals surface area (Å²) in [6.45, 7) is -8.28. The molecule has 13 heteroatoms. The molecule has 0 aliphatic heterocycles. The van der Waals surface area contributed by atoms with E-state index in [1.54, 1.807) is 60.7 Å². The molecule has 2 aromatic carbocycles. The molecule has 0 spiro atoms. The van der Waals surface area contributed by atoms with Gasteiger partial charge in [0.15, 0.2) is 5.78 Å². The first-order valence-electron chi connectivity index (χ1n) is 11.3. The molecule has 2 aromatic rings. The van der Waals surface area contributed by atoms with Crippen LogP contribution in [0.15, 0.2) is 60.7 Å². The Morgan fingerprint density at radius 2 is 1.34 bits per heavy atom. The number of nitrogens with two attached hydrogens (primary N) is 1. The zero-order valence-electron chi connectivity index (χ0n) is 20.1. The van der Waals surface area contributed by atoms with E-state index in [9.17, 15) is 31.9 Å². The van der Waals surface area contributed by atoms with Crippen molar-refractivity contribution in [2.24, 2.45) is 11.7 Å². The van der Waals surface area contributed by atoms with Crippen molar-refractivity contribution in [3.8, 4) is 0 Å². The highest BCUT2D eigenvalue weighted by Crippen LogP contribution is 2.18. The van der Waals surface area contributed by atoms with E-state index >= 15 is 0 Å². The maximum atomic E-state index is 13.0. The molecule has 2 rings (SSSR count). The maximum absolute atomic E-state index is 13.0. The van der Waals surface area contributed by atoms with Crippen LogP contribution in [0.1, 0.15) is 17.5 Å². The Bertz CT molecular complexity index is 988. The topological polar surface area (TPSA) is 117 Å². The molecule has 0 aromatic heterocycles. The monoisotopic (exact) mass is 564 g/mol. The number of hydrogen-bond donors (Lipinski definition) is 2. The van der Waals surface area contributed by atoms with Gasteiger partial charge < -0.3 is 25.3 Å². The van der Waals surface area contributed by atoms with Gasteiger partial charge in [-0.1, -0.05) is 60.7 Å². The van der Waals surface area contributed by atoms with Crippen LogP contribution in [0.5, 0.6) is 0 Å². The fraction of sp³-hybridized carbons (Fsp3) is 0.400. The third-order valence-electron chi connectivity index (χ3n) is 5.16. The standard InChI is InChI=1S/C25H28F4N2O6.ClH/c26-24(27)36-14-19(30)22(33)31-20(15-37-25(28)29)21(32)12-18(11-16-7-3-1-4-8-16)23(34)35-13-17-9-5-2-6-10-17;/h1-10,18-20,24-25H,11-15,30H2,(H,31,33);1H/t18-,19+,20+;/m1./s1. The second-order valence-electron chi connectivity index (χ2n) is 8.01. The molecule has 210 valence electrons. The molecular weight excluding hydrogens is 536 g/mol. The van der Waals surface area contributed by atoms with Gasteiger partial charge in [0.25, 0.3) is 0 Å². The highest BCUT2D eigenvalue weighted by molar-refractivity contribution is 5.93. The Kier molecular flexibility index (Phi) is 15.1. The first-order chi connectivity index (χ1) is 17.7. The average Bonchev–Trinajstić information content (AvgIpc) is 2.88. The van der Waals surface area contributed by atoms with Gasteiger partial charge in [-0.25, -0.2) is 0 Å². The van der Waals surface area contributed by atoms with Crippen molar-refractivity contribution in [1.82, 2.24) is 5.32 Å². The van der Waals surface area contributed by atoms with E-state index in [1.807, 2.05) is 0 Å². The van der Waals surface area contributed by atoms with Gasteiger partial charge in [-0.15, -0.1) is 12.4 Å². The normalized spacial score (nSPS) is 13.3. The number of ether oxygens (including phenoxy) is 3. The third kappa shape index (κ3) is 12.5. The number of benzene rings is 2. The van der Waals surface area contributed by atoms with Crippen molar-refractivity contribution in [3.05, 3.63) is 71.8 Å². The SMILES string of the molecule is Cl.N[C@@H](COC(F)F)C(=O)N[C@@H](COC(F)F)C(=O)C[C@@H](Cc1ccccc1)C(=O)OCc1ccccc1. The highest BCUT2D eigenvalue weighted by Gasteiger charge is 2.31. The van der Waals surface area contributed by atoms with E-state index in [2.05, 4.69) is 14.8 Å². The van der Waals surface area contributed by atoms with E-state index in [1.165, 1.54) is 0 Å². The van der Waals surface area contributed by atoms with Gasteiger partial charge in [-0.3, -0.25) is 14.4 Å². The minimum absolute atomic E-state index is 0. The Labute approximate surface area is 223 Å². The number of Topliss-reactive ketones (excluding diaryl/α,β-unsaturated/α-hetero) is 1. The predicted molar refractivity (Wildman–Crippen MR) is 131 cm³/mol. The number of hydrogen-bond acceptors (Lipinski definition) is 7. The summed E-state index contributed by atoms with van der Waals surface area (Å²) in [5.74, 6) is -3.62. The molecule has 38 heavy (non-hydrogen) atoms. The van der Waals surface area contributed by atoms with Crippen molar-refractivity contribution < 1.29 is 46.2 Å². The quantitative estimate of drug-likeness (QED) is 0.237. The molecule has 3 atom stereocenters. The van der Waals surface area contributed by atoms with Crippen LogP contribution in [-0.2, 0) is 41.6 Å². The minimum Gasteiger partial charge on any atom is -0.461 e. The van der Waals surface area contributed by atoms with Crippen LogP contribution in [0.2, 0.25) is 0 Å². The van der Waals surface area contributed by atoms with E-state index in [0.717, 1.165) is 5.56 Å². The van der Waals surface area contributed by atoms with Crippen LogP contribution in [-0.4, -0.2) is 56.2 Å². The highest BCUT2D eigenvalue weighted by atomic mass is 35.5. The van der Waals surface area contributed by atoms with Crippen molar-refractivity contribution in [2.75, 3.05) is 13.2 Å². The predicted octanol–water partition coefficient (Wildman–Crippen LogP) is 3.26. The molecule has 0 radical (unpaired) electrons. The third-order valence-corrected chi connectivity index (χ3v) is 5.16. The summed E-state index contributed by atoms with van der Waals surface area (Å²) in [5, 5.41) is 2.11. The molecule has 0 aliphatic rings. The van der Waals surface area contributed by atoms with Crippen LogP contribution in [0, 0.1) is 5.92 Å². The molecule has 0 heterocycles. The van der Waals surface area contributed by atoms with Gasteiger partial charge in [0.05, 0.1) is 19.1 Å². The van der Waals surface area contributed by atoms with Gasteiger partial charge in [0.2, 0.25) is 5.91 Å². The summed E-state index contributed by atoms with van der Waals surface area (Å²) >= 11 is 0. The number of rotatable bonds is 16. The fourth-order valence-electron chi connectivity index (χ4n) is 3.28. The maximum Gasteiger partial charge on any atom is 0.345 e. The van der Waals surface area contributed by atoms with E-state index in [-0.39, 0.29) is 25.4 Å². The first kappa shape index (κ1) is 33.0. The van der Waals surface area contributed by atoms with Gasteiger partial charge in [-0.05, 0) is 17.5 Å². The van der Waals surface area contributed by atoms with Gasteiger partial charge in [0.1, 0.15) is 18.7 Å². The van der Waals surface area contributed by atoms with Crippen molar-refractivity contribution in [3.63, 3.8) is 0 Å². The van der Waals surface area contributed by atoms with Crippen molar-refractivity contribution in [1.29, 1.82) is 0 Å². The lowest BCUT2D eigenvalue weighted by molar-refractivity contribution is -0.154. The summed E-state index contributed by atoms with van der Waals surface area (Å²) in [5.41, 5.74) is 6.91. The Morgan fingerprint density at radius 3 is 1.89 bits per heavy atom. The molecule has 3 N–H and O–H groups in total. The minimum atomic E-state index is -3.25. The molecule has 0 aliphatic carbocycles. The lowest BCUT2D eigenvalue weighted by Crippen LogP contribution is -2.52. The number of carbonyl (C=O) groups excluding carboxylic acids is 3. The average molecular weight is 565 g/mol. The molecule has 0 saturated carbocycles. The number of amides is 1. The molecule has 8 nitrogen and oxygen atoms in total. The number of carbonyl (C=O) groups is 3. The van der Waals surface area contributed by atoms with Crippen molar-refractivity contribution in [2.45, 2.75) is 44.8 Å². The number of esters is 1. The summed E-state index contributed by atoms with van der Waals surface area (Å²) in [7, 11) is 0. The summed E-state index contributed by atoms with van der Waals surface area (Å²) in [6.07, 6.45) is -0.388. The van der Waals surface area contributed by atoms with E-state index < -0.39 is 68.5 Å². The second kappa shape index (κ2) is 17.4. The van der Waals surface area contributed by atoms with Crippen LogP contribution >= 0.6 is 12.4 Å². The van der Waals surface area contributed by atoms with Crippen LogP contribution in [0.4, 0.5) is 17.6 Å². The fourth-order valence-corrected chi connectivity index (χ4v) is 3.28. The first-order valence-corrected chi connectivity index (χ1v) is 11.3. The summed E-state index contributed by atoms with van der Waals surface area (Å²) in [4.78, 5) is 38.2. The van der Waals surface area contributed by atoms with Crippen LogP contribution in [0.25, 0.3) is 0 Å². The molecule has 0 unspecified atom stereocenters. The van der Waals surface area contributed by atoms with E-state index in [4.69, 9.17) is 10.5 Å². The number of halogens is 5. The number of nitrogens with one attached hydrogen (secondary N) is 1. The Balaban J connectivity index is 0.00000722. The van der Waals surface area contributed by atoms with Crippen molar-refractivity contribution >= 4 is 30.1 Å². The molecule has 0 fully saturated rings. The molecule has 0 saturated heterocycles. The van der Waals surface area contributed by atoms with E-state index in [0.29, 0.717) is 5.56 Å². The van der Waals surface area contributed by atoms with Gasteiger partial charge in [-0.2, -0.15) is 17.6 Å². The number of alkyl halides is 4. The molecule has 0 bridgehead atoms. The van der Waals surface area contributed by atoms with Crippen LogP contribution < -0.4 is 11.1 Å². The second-order valence-corrected chi connectivity index (χ2v) is 8.01. The molecule has 1 amide bonds.